The third kappa shape index (κ3) is 6.55. The number of carbonyl (C=O) groups is 2. The van der Waals surface area contributed by atoms with Gasteiger partial charge in [-0.1, -0.05) is 36.0 Å². The molecular weight excluding hydrogens is 412 g/mol. The number of nitrogens with zero attached hydrogens (tertiary/aromatic N) is 3. The van der Waals surface area contributed by atoms with Crippen LogP contribution in [0.1, 0.15) is 29.5 Å². The molecule has 0 saturated heterocycles. The summed E-state index contributed by atoms with van der Waals surface area (Å²) in [6, 6.07) is 16.4. The number of para-hydroxylation sites is 1. The highest BCUT2D eigenvalue weighted by atomic mass is 32.2. The molecule has 0 fully saturated rings. The molecule has 160 valence electrons. The molecule has 0 aliphatic rings. The van der Waals surface area contributed by atoms with E-state index in [4.69, 9.17) is 4.74 Å². The van der Waals surface area contributed by atoms with E-state index in [1.807, 2.05) is 34.9 Å². The molecule has 7 nitrogen and oxygen atoms in total. The predicted octanol–water partition coefficient (Wildman–Crippen LogP) is 4.37. The van der Waals surface area contributed by atoms with Gasteiger partial charge >= 0.3 is 0 Å². The number of ether oxygens (including phenoxy) is 1. The highest BCUT2D eigenvalue weighted by Gasteiger charge is 2.13. The van der Waals surface area contributed by atoms with Crippen molar-refractivity contribution in [3.05, 3.63) is 78.6 Å². The first-order valence-electron chi connectivity index (χ1n) is 9.81. The fourth-order valence-electron chi connectivity index (χ4n) is 2.76. The third-order valence-corrected chi connectivity index (χ3v) is 5.32. The Morgan fingerprint density at radius 1 is 1.13 bits per heavy atom. The van der Waals surface area contributed by atoms with Gasteiger partial charge in [0.05, 0.1) is 0 Å². The standard InChI is InChI=1S/C23H24N4O3S/c1-3-14-27-21(16-30-20-7-5-4-6-8-20)25-26-23(27)31-15-13-22(29)24-19-11-9-18(10-12-19)17(2)28/h3-12H,1,13-16H2,2H3,(H,24,29). The maximum absolute atomic E-state index is 12.2. The molecule has 0 unspecified atom stereocenters. The summed E-state index contributed by atoms with van der Waals surface area (Å²) in [4.78, 5) is 23.6. The van der Waals surface area contributed by atoms with E-state index < -0.39 is 0 Å². The van der Waals surface area contributed by atoms with Crippen LogP contribution in [0.15, 0.2) is 72.4 Å². The molecule has 31 heavy (non-hydrogen) atoms. The molecule has 0 atom stereocenters. The lowest BCUT2D eigenvalue weighted by Crippen LogP contribution is -2.12. The summed E-state index contributed by atoms with van der Waals surface area (Å²) in [5.41, 5.74) is 1.28. The van der Waals surface area contributed by atoms with Crippen LogP contribution in [-0.4, -0.2) is 32.2 Å². The molecule has 1 amide bonds. The fourth-order valence-corrected chi connectivity index (χ4v) is 3.66. The average Bonchev–Trinajstić information content (AvgIpc) is 3.15. The topological polar surface area (TPSA) is 86.1 Å². The SMILES string of the molecule is C=CCn1c(COc2ccccc2)nnc1SCCC(=O)Nc1ccc(C(C)=O)cc1. The van der Waals surface area contributed by atoms with Crippen molar-refractivity contribution in [1.29, 1.82) is 0 Å². The smallest absolute Gasteiger partial charge is 0.225 e. The zero-order valence-corrected chi connectivity index (χ0v) is 18.1. The highest BCUT2D eigenvalue weighted by Crippen LogP contribution is 2.20. The van der Waals surface area contributed by atoms with Gasteiger partial charge in [-0.05, 0) is 43.3 Å². The molecule has 3 aromatic rings. The number of allylic oxidation sites excluding steroid dienone is 1. The molecule has 0 aliphatic heterocycles. The van der Waals surface area contributed by atoms with E-state index in [0.717, 1.165) is 5.75 Å². The number of aromatic nitrogens is 3. The number of anilines is 1. The molecule has 0 spiro atoms. The molecular formula is C23H24N4O3S. The van der Waals surface area contributed by atoms with Crippen LogP contribution in [0.4, 0.5) is 5.69 Å². The fraction of sp³-hybridized carbons (Fsp3) is 0.217. The largest absolute Gasteiger partial charge is 0.486 e. The quantitative estimate of drug-likeness (QED) is 0.273. The first kappa shape index (κ1) is 22.3. The summed E-state index contributed by atoms with van der Waals surface area (Å²) in [5.74, 6) is 1.89. The lowest BCUT2D eigenvalue weighted by molar-refractivity contribution is -0.115. The molecule has 1 N–H and O–H groups in total. The third-order valence-electron chi connectivity index (χ3n) is 4.35. The van der Waals surface area contributed by atoms with Gasteiger partial charge in [0.1, 0.15) is 12.4 Å². The van der Waals surface area contributed by atoms with Crippen LogP contribution in [0.2, 0.25) is 0 Å². The van der Waals surface area contributed by atoms with Crippen molar-refractivity contribution in [2.24, 2.45) is 0 Å². The van der Waals surface area contributed by atoms with Gasteiger partial charge in [0.2, 0.25) is 5.91 Å². The Labute approximate surface area is 185 Å². The minimum atomic E-state index is -0.106. The van der Waals surface area contributed by atoms with Gasteiger partial charge in [-0.2, -0.15) is 0 Å². The highest BCUT2D eigenvalue weighted by molar-refractivity contribution is 7.99. The zero-order valence-electron chi connectivity index (χ0n) is 17.3. The first-order chi connectivity index (χ1) is 15.1. The van der Waals surface area contributed by atoms with Crippen LogP contribution in [0.3, 0.4) is 0 Å². The lowest BCUT2D eigenvalue weighted by Gasteiger charge is -2.09. The number of benzene rings is 2. The number of thioether (sulfide) groups is 1. The lowest BCUT2D eigenvalue weighted by atomic mass is 10.1. The van der Waals surface area contributed by atoms with Crippen LogP contribution in [0.25, 0.3) is 0 Å². The van der Waals surface area contributed by atoms with Crippen molar-refractivity contribution in [2.45, 2.75) is 31.7 Å². The van der Waals surface area contributed by atoms with E-state index in [1.165, 1.54) is 18.7 Å². The van der Waals surface area contributed by atoms with Gasteiger partial charge in [0.15, 0.2) is 16.8 Å². The van der Waals surface area contributed by atoms with Crippen LogP contribution >= 0.6 is 11.8 Å². The Morgan fingerprint density at radius 2 is 1.87 bits per heavy atom. The Bertz CT molecular complexity index is 1030. The Balaban J connectivity index is 1.52. The number of Topliss-reactive ketones (excluding diaryl/α,β-unsaturated/α-hetero) is 1. The van der Waals surface area contributed by atoms with E-state index in [-0.39, 0.29) is 11.7 Å². The van der Waals surface area contributed by atoms with E-state index in [2.05, 4.69) is 22.1 Å². The molecule has 1 aromatic heterocycles. The number of rotatable bonds is 11. The maximum atomic E-state index is 12.2. The van der Waals surface area contributed by atoms with Crippen LogP contribution < -0.4 is 10.1 Å². The Kier molecular flexibility index (Phi) is 8.00. The van der Waals surface area contributed by atoms with Crippen molar-refractivity contribution >= 4 is 29.1 Å². The maximum Gasteiger partial charge on any atom is 0.225 e. The molecule has 0 bridgehead atoms. The molecule has 2 aromatic carbocycles. The summed E-state index contributed by atoms with van der Waals surface area (Å²) in [6.07, 6.45) is 2.09. The second-order valence-corrected chi connectivity index (χ2v) is 7.74. The van der Waals surface area contributed by atoms with Gasteiger partial charge in [-0.25, -0.2) is 0 Å². The first-order valence-corrected chi connectivity index (χ1v) is 10.8. The number of hydrogen-bond donors (Lipinski definition) is 1. The Hall–Kier alpha value is -3.39. The summed E-state index contributed by atoms with van der Waals surface area (Å²) >= 11 is 1.46. The number of nitrogens with one attached hydrogen (secondary N) is 1. The minimum Gasteiger partial charge on any atom is -0.486 e. The molecule has 0 radical (unpaired) electrons. The van der Waals surface area contributed by atoms with Crippen molar-refractivity contribution in [3.63, 3.8) is 0 Å². The van der Waals surface area contributed by atoms with Gasteiger partial charge in [0, 0.05) is 30.0 Å². The van der Waals surface area contributed by atoms with Crippen LogP contribution in [-0.2, 0) is 17.9 Å². The summed E-state index contributed by atoms with van der Waals surface area (Å²) in [6.45, 7) is 6.15. The van der Waals surface area contributed by atoms with Crippen molar-refractivity contribution in [1.82, 2.24) is 14.8 Å². The second kappa shape index (κ2) is 11.1. The number of amides is 1. The van der Waals surface area contributed by atoms with Crippen LogP contribution in [0, 0.1) is 0 Å². The summed E-state index contributed by atoms with van der Waals surface area (Å²) in [5, 5.41) is 12.0. The number of ketones is 1. The molecule has 0 aliphatic carbocycles. The van der Waals surface area contributed by atoms with Crippen molar-refractivity contribution in [3.8, 4) is 5.75 Å². The number of hydrogen-bond acceptors (Lipinski definition) is 6. The van der Waals surface area contributed by atoms with E-state index >= 15 is 0 Å². The minimum absolute atomic E-state index is 0.00792. The summed E-state index contributed by atoms with van der Waals surface area (Å²) < 4.78 is 7.70. The second-order valence-electron chi connectivity index (χ2n) is 6.68. The van der Waals surface area contributed by atoms with Gasteiger partial charge < -0.3 is 10.1 Å². The molecule has 0 saturated carbocycles. The van der Waals surface area contributed by atoms with Gasteiger partial charge in [0.25, 0.3) is 0 Å². The average molecular weight is 437 g/mol. The van der Waals surface area contributed by atoms with Crippen molar-refractivity contribution < 1.29 is 14.3 Å². The molecule has 3 rings (SSSR count). The van der Waals surface area contributed by atoms with Gasteiger partial charge in [-0.15, -0.1) is 16.8 Å². The number of carbonyl (C=O) groups excluding carboxylic acids is 2. The zero-order chi connectivity index (χ0) is 22.1. The Morgan fingerprint density at radius 3 is 2.55 bits per heavy atom. The van der Waals surface area contributed by atoms with E-state index in [0.29, 0.717) is 47.6 Å². The van der Waals surface area contributed by atoms with E-state index in [9.17, 15) is 9.59 Å². The van der Waals surface area contributed by atoms with Gasteiger partial charge in [-0.3, -0.25) is 14.2 Å². The molecule has 8 heteroatoms. The normalized spacial score (nSPS) is 10.5. The molecule has 1 heterocycles. The van der Waals surface area contributed by atoms with Crippen molar-refractivity contribution in [2.75, 3.05) is 11.1 Å². The monoisotopic (exact) mass is 436 g/mol. The van der Waals surface area contributed by atoms with E-state index in [1.54, 1.807) is 30.3 Å². The van der Waals surface area contributed by atoms with Crippen LogP contribution in [0.5, 0.6) is 5.75 Å². The summed E-state index contributed by atoms with van der Waals surface area (Å²) in [7, 11) is 0. The predicted molar refractivity (Wildman–Crippen MR) is 121 cm³/mol.